The van der Waals surface area contributed by atoms with Crippen LogP contribution in [0.15, 0.2) is 0 Å². The van der Waals surface area contributed by atoms with E-state index < -0.39 is 0 Å². The molecular weight excluding hydrogens is 210 g/mol. The molecule has 0 aromatic rings. The predicted molar refractivity (Wildman–Crippen MR) is 59.5 cm³/mol. The fourth-order valence-corrected chi connectivity index (χ4v) is 1.10. The summed E-state index contributed by atoms with van der Waals surface area (Å²) >= 11 is 0. The van der Waals surface area contributed by atoms with Gasteiger partial charge in [-0.25, -0.2) is 0 Å². The first-order chi connectivity index (χ1) is 7.60. The van der Waals surface area contributed by atoms with Crippen LogP contribution in [0.2, 0.25) is 0 Å². The van der Waals surface area contributed by atoms with E-state index in [1.807, 2.05) is 0 Å². The van der Waals surface area contributed by atoms with Gasteiger partial charge in [0.05, 0.1) is 26.1 Å². The molecule has 0 aliphatic carbocycles. The standard InChI is InChI=1S/C11H19NO4/c1-3-15-10(13)7-5-9(12)6-8-11(14)16-4-2/h12H,3-8H2,1-2H3. The highest BCUT2D eigenvalue weighted by molar-refractivity contribution is 5.87. The Morgan fingerprint density at radius 1 is 0.875 bits per heavy atom. The monoisotopic (exact) mass is 229 g/mol. The molecule has 0 aliphatic heterocycles. The highest BCUT2D eigenvalue weighted by Crippen LogP contribution is 2.02. The van der Waals surface area contributed by atoms with Crippen molar-refractivity contribution in [3.05, 3.63) is 0 Å². The molecule has 1 N–H and O–H groups in total. The second-order valence-electron chi connectivity index (χ2n) is 3.21. The third kappa shape index (κ3) is 7.96. The van der Waals surface area contributed by atoms with Crippen molar-refractivity contribution < 1.29 is 19.1 Å². The summed E-state index contributed by atoms with van der Waals surface area (Å²) in [6.45, 7) is 4.19. The Labute approximate surface area is 95.6 Å². The van der Waals surface area contributed by atoms with E-state index >= 15 is 0 Å². The first kappa shape index (κ1) is 14.6. The van der Waals surface area contributed by atoms with Crippen molar-refractivity contribution in [2.24, 2.45) is 0 Å². The van der Waals surface area contributed by atoms with E-state index in [1.54, 1.807) is 13.8 Å². The summed E-state index contributed by atoms with van der Waals surface area (Å²) in [4.78, 5) is 22.0. The molecule has 0 amide bonds. The number of carbonyl (C=O) groups excluding carboxylic acids is 2. The Balaban J connectivity index is 3.59. The Morgan fingerprint density at radius 2 is 1.25 bits per heavy atom. The SMILES string of the molecule is CCOC(=O)CCC(=N)CCC(=O)OCC. The first-order valence-electron chi connectivity index (χ1n) is 5.47. The average Bonchev–Trinajstić information content (AvgIpc) is 2.24. The highest BCUT2D eigenvalue weighted by atomic mass is 16.5. The summed E-state index contributed by atoms with van der Waals surface area (Å²) in [6.07, 6.45) is 1.10. The van der Waals surface area contributed by atoms with Gasteiger partial charge in [-0.1, -0.05) is 0 Å². The number of rotatable bonds is 8. The molecule has 0 unspecified atom stereocenters. The van der Waals surface area contributed by atoms with Crippen LogP contribution < -0.4 is 0 Å². The van der Waals surface area contributed by atoms with E-state index in [4.69, 9.17) is 14.9 Å². The van der Waals surface area contributed by atoms with Crippen LogP contribution in [-0.4, -0.2) is 30.9 Å². The van der Waals surface area contributed by atoms with E-state index in [9.17, 15) is 9.59 Å². The van der Waals surface area contributed by atoms with Gasteiger partial charge in [-0.3, -0.25) is 9.59 Å². The van der Waals surface area contributed by atoms with Crippen LogP contribution in [0.1, 0.15) is 39.5 Å². The Bertz CT molecular complexity index is 226. The second kappa shape index (κ2) is 8.88. The number of ether oxygens (including phenoxy) is 2. The molecule has 0 atom stereocenters. The van der Waals surface area contributed by atoms with Crippen LogP contribution in [0.4, 0.5) is 0 Å². The highest BCUT2D eigenvalue weighted by Gasteiger charge is 2.07. The Kier molecular flexibility index (Phi) is 8.11. The molecule has 0 rings (SSSR count). The van der Waals surface area contributed by atoms with Crippen LogP contribution in [0.5, 0.6) is 0 Å². The fourth-order valence-electron chi connectivity index (χ4n) is 1.10. The van der Waals surface area contributed by atoms with Crippen molar-refractivity contribution in [1.82, 2.24) is 0 Å². The molecule has 5 heteroatoms. The maximum Gasteiger partial charge on any atom is 0.306 e. The lowest BCUT2D eigenvalue weighted by atomic mass is 10.1. The topological polar surface area (TPSA) is 76.5 Å². The largest absolute Gasteiger partial charge is 0.466 e. The summed E-state index contributed by atoms with van der Waals surface area (Å²) in [5.41, 5.74) is 0.376. The van der Waals surface area contributed by atoms with Gasteiger partial charge in [-0.2, -0.15) is 0 Å². The molecule has 0 fully saturated rings. The molecule has 0 aliphatic rings. The van der Waals surface area contributed by atoms with Crippen molar-refractivity contribution in [2.75, 3.05) is 13.2 Å². The molecule has 92 valence electrons. The fraction of sp³-hybridized carbons (Fsp3) is 0.727. The summed E-state index contributed by atoms with van der Waals surface area (Å²) in [7, 11) is 0. The third-order valence-electron chi connectivity index (χ3n) is 1.87. The summed E-state index contributed by atoms with van der Waals surface area (Å²) in [5, 5.41) is 7.52. The van der Waals surface area contributed by atoms with E-state index in [1.165, 1.54) is 0 Å². The average molecular weight is 229 g/mol. The normalized spacial score (nSPS) is 9.62. The van der Waals surface area contributed by atoms with Gasteiger partial charge < -0.3 is 14.9 Å². The van der Waals surface area contributed by atoms with Crippen molar-refractivity contribution in [3.8, 4) is 0 Å². The van der Waals surface area contributed by atoms with Gasteiger partial charge in [0.2, 0.25) is 0 Å². The lowest BCUT2D eigenvalue weighted by Crippen LogP contribution is -2.10. The van der Waals surface area contributed by atoms with E-state index in [0.29, 0.717) is 31.8 Å². The maximum absolute atomic E-state index is 11.0. The lowest BCUT2D eigenvalue weighted by molar-refractivity contribution is -0.143. The zero-order chi connectivity index (χ0) is 12.4. The molecule has 0 saturated heterocycles. The molecule has 0 spiro atoms. The van der Waals surface area contributed by atoms with Crippen molar-refractivity contribution in [2.45, 2.75) is 39.5 Å². The van der Waals surface area contributed by atoms with Crippen molar-refractivity contribution >= 4 is 17.7 Å². The number of hydrogen-bond acceptors (Lipinski definition) is 5. The molecule has 5 nitrogen and oxygen atoms in total. The van der Waals surface area contributed by atoms with Crippen LogP contribution in [-0.2, 0) is 19.1 Å². The predicted octanol–water partition coefficient (Wildman–Crippen LogP) is 1.69. The zero-order valence-corrected chi connectivity index (χ0v) is 9.88. The smallest absolute Gasteiger partial charge is 0.306 e. The zero-order valence-electron chi connectivity index (χ0n) is 9.88. The van der Waals surface area contributed by atoms with Gasteiger partial charge in [-0.15, -0.1) is 0 Å². The molecule has 0 heterocycles. The van der Waals surface area contributed by atoms with E-state index in [-0.39, 0.29) is 24.8 Å². The van der Waals surface area contributed by atoms with Crippen molar-refractivity contribution in [3.63, 3.8) is 0 Å². The minimum Gasteiger partial charge on any atom is -0.466 e. The van der Waals surface area contributed by atoms with Crippen LogP contribution in [0, 0.1) is 5.41 Å². The molecule has 0 aromatic carbocycles. The van der Waals surface area contributed by atoms with Gasteiger partial charge in [0.25, 0.3) is 0 Å². The molecule has 16 heavy (non-hydrogen) atoms. The van der Waals surface area contributed by atoms with Crippen LogP contribution >= 0.6 is 0 Å². The van der Waals surface area contributed by atoms with Crippen LogP contribution in [0.3, 0.4) is 0 Å². The van der Waals surface area contributed by atoms with E-state index in [2.05, 4.69) is 0 Å². The number of hydrogen-bond donors (Lipinski definition) is 1. The van der Waals surface area contributed by atoms with Gasteiger partial charge in [0, 0.05) is 5.71 Å². The molecule has 0 saturated carbocycles. The number of carbonyl (C=O) groups is 2. The van der Waals surface area contributed by atoms with Crippen molar-refractivity contribution in [1.29, 1.82) is 5.41 Å². The molecule has 0 aromatic heterocycles. The number of esters is 2. The quantitative estimate of drug-likeness (QED) is 0.507. The molecule has 0 bridgehead atoms. The lowest BCUT2D eigenvalue weighted by Gasteiger charge is -2.04. The van der Waals surface area contributed by atoms with Crippen LogP contribution in [0.25, 0.3) is 0 Å². The minimum atomic E-state index is -0.302. The summed E-state index contributed by atoms with van der Waals surface area (Å²) in [5.74, 6) is -0.605. The Hall–Kier alpha value is -1.39. The van der Waals surface area contributed by atoms with Gasteiger partial charge in [-0.05, 0) is 26.7 Å². The molecule has 0 radical (unpaired) electrons. The Morgan fingerprint density at radius 3 is 1.56 bits per heavy atom. The maximum atomic E-state index is 11.0. The summed E-state index contributed by atoms with van der Waals surface area (Å²) < 4.78 is 9.46. The van der Waals surface area contributed by atoms with Gasteiger partial charge >= 0.3 is 11.9 Å². The molecular formula is C11H19NO4. The summed E-state index contributed by atoms with van der Waals surface area (Å²) in [6, 6.07) is 0. The number of nitrogens with one attached hydrogen (secondary N) is 1. The van der Waals surface area contributed by atoms with E-state index in [0.717, 1.165) is 0 Å². The second-order valence-corrected chi connectivity index (χ2v) is 3.21. The van der Waals surface area contributed by atoms with Gasteiger partial charge in [0.15, 0.2) is 0 Å². The van der Waals surface area contributed by atoms with Gasteiger partial charge in [0.1, 0.15) is 0 Å². The third-order valence-corrected chi connectivity index (χ3v) is 1.87. The minimum absolute atomic E-state index is 0.204. The first-order valence-corrected chi connectivity index (χ1v) is 5.47.